The number of hydrogen-bond acceptors (Lipinski definition) is 30. The molecule has 0 radical (unpaired) electrons. The van der Waals surface area contributed by atoms with Gasteiger partial charge in [-0.1, -0.05) is 0 Å². The maximum Gasteiger partial charge on any atom is 0.197 e. The third-order valence-electron chi connectivity index (χ3n) is 18.5. The normalized spacial score (nSPS) is 21.4. The first-order chi connectivity index (χ1) is 98.0. The summed E-state index contributed by atoms with van der Waals surface area (Å²) in [5.41, 5.74) is -23.6. The van der Waals surface area contributed by atoms with Crippen molar-refractivity contribution in [3.8, 4) is 69.0 Å². The van der Waals surface area contributed by atoms with E-state index in [-0.39, 0.29) is 71.5 Å². The summed E-state index contributed by atoms with van der Waals surface area (Å²) in [4.78, 5) is 61.7. The molecule has 144 heavy (non-hydrogen) atoms. The van der Waals surface area contributed by atoms with Crippen molar-refractivity contribution in [2.75, 3.05) is 85.0 Å². The molecule has 0 fully saturated rings. The van der Waals surface area contributed by atoms with Crippen molar-refractivity contribution in [1.82, 2.24) is 89.7 Å². The molecule has 0 bridgehead atoms. The lowest BCUT2D eigenvalue weighted by molar-refractivity contribution is 0.407. The van der Waals surface area contributed by atoms with Crippen LogP contribution in [0.5, 0.6) is 69.0 Å². The van der Waals surface area contributed by atoms with E-state index in [4.69, 9.17) is 146 Å². The summed E-state index contributed by atoms with van der Waals surface area (Å²) >= 11 is 0. The van der Waals surface area contributed by atoms with Crippen molar-refractivity contribution in [2.45, 2.75) is 148 Å². The number of pyridine rings is 6. The summed E-state index contributed by atoms with van der Waals surface area (Å²) in [5, 5.41) is -2.30. The Morgan fingerprint density at radius 2 is 0.486 bits per heavy atom. The van der Waals surface area contributed by atoms with Gasteiger partial charge in [0.05, 0.1) is 326 Å². The first-order valence-electron chi connectivity index (χ1n) is 74.9. The van der Waals surface area contributed by atoms with Crippen LogP contribution in [0.3, 0.4) is 0 Å². The van der Waals surface area contributed by atoms with Gasteiger partial charge in [0.15, 0.2) is 30.9 Å². The third-order valence-corrected chi connectivity index (χ3v) is 24.8. The fourth-order valence-electron chi connectivity index (χ4n) is 11.8. The number of nitrogens with one attached hydrogen (secondary N) is 6. The van der Waals surface area contributed by atoms with Crippen molar-refractivity contribution >= 4 is 131 Å². The number of aromatic amines is 6. The maximum atomic E-state index is 13.4. The summed E-state index contributed by atoms with van der Waals surface area (Å²) < 4.78 is 697. The summed E-state index contributed by atoms with van der Waals surface area (Å²) in [6.07, 6.45) is -5.43. The lowest BCUT2D eigenvalue weighted by Gasteiger charge is -2.11. The molecular formula is C102H114N18O18S6. The Balaban J connectivity index is 0.000000206. The van der Waals surface area contributed by atoms with E-state index in [2.05, 4.69) is 99.2 Å². The number of ether oxygens (including phenoxy) is 12. The predicted octanol–water partition coefficient (Wildman–Crippen LogP) is 17.4. The molecule has 36 nitrogen and oxygen atoms in total. The first kappa shape index (κ1) is 46.9. The van der Waals surface area contributed by atoms with Crippen molar-refractivity contribution in [2.24, 2.45) is 0 Å². The van der Waals surface area contributed by atoms with Crippen molar-refractivity contribution < 1.29 is 181 Å². The number of imidazole rings is 6. The van der Waals surface area contributed by atoms with Gasteiger partial charge in [0.2, 0.25) is 0 Å². The van der Waals surface area contributed by atoms with Gasteiger partial charge in [0.1, 0.15) is 69.0 Å². The lowest BCUT2D eigenvalue weighted by Crippen LogP contribution is -2.05. The molecule has 0 amide bonds. The Morgan fingerprint density at radius 3 is 0.743 bits per heavy atom. The smallest absolute Gasteiger partial charge is 0.197 e. The summed E-state index contributed by atoms with van der Waals surface area (Å²) in [6.45, 7) is -36.5. The molecule has 12 aromatic heterocycles. The molecule has 0 saturated carbocycles. The van der Waals surface area contributed by atoms with Crippen LogP contribution in [0, 0.1) is 82.2 Å². The van der Waals surface area contributed by atoms with Crippen LogP contribution in [0.4, 0.5) is 0 Å². The van der Waals surface area contributed by atoms with E-state index in [9.17, 15) is 25.3 Å². The molecule has 756 valence electrons. The standard InChI is InChI=1S/6C17H19N3O3S/c6*1-10-8-18-15(11(2)16(10)23-4)9-24(21)17-19-13-6-5-12(22-3)7-14(13)20-17/h6*5-8H,9H2,1-4H3,(H,19,20)/i1D3,2D3,3D3,5D,6D,7D,8D,9D2;1D3,2D3,5D,6D,7D,8D,9D2;1D3,2D3,3D3,5D,6D,7D,8D;1D3,2D3,3D3,8D,9D2;1D3,2D3,4D3,8D;1D3,2D3,3D3,8D. The van der Waals surface area contributed by atoms with E-state index in [1.54, 1.807) is 18.2 Å². The van der Waals surface area contributed by atoms with Crippen LogP contribution in [0.15, 0.2) is 177 Å². The molecule has 12 heterocycles. The monoisotopic (exact) mass is 2140 g/mol. The molecule has 0 spiro atoms. The zero-order valence-electron chi connectivity index (χ0n) is 146. The van der Waals surface area contributed by atoms with Crippen molar-refractivity contribution in [3.63, 3.8) is 0 Å². The number of benzene rings is 6. The molecule has 0 aliphatic heterocycles. The zero-order valence-corrected chi connectivity index (χ0v) is 78.9. The Bertz CT molecular complexity index is 11300. The van der Waals surface area contributed by atoms with Gasteiger partial charge in [0, 0.05) is 198 Å². The Morgan fingerprint density at radius 1 is 0.257 bits per heavy atom. The van der Waals surface area contributed by atoms with Crippen LogP contribution in [0.2, 0.25) is 0 Å². The van der Waals surface area contributed by atoms with E-state index in [1.807, 2.05) is 0 Å². The average molecular weight is 2140 g/mol. The first-order valence-corrected chi connectivity index (χ1v) is 46.3. The number of H-pyrrole nitrogens is 6. The van der Waals surface area contributed by atoms with Crippen LogP contribution in [-0.2, 0) is 99.2 Å². The SMILES string of the molecule is [2H]c1nc(C([2H])([2H])S(=O)c2nc3c([2H])c([2H])c(OC([2H])([2H])[2H])c([2H])c3[nH]2)c(C([2H])([2H])[2H])c(OC)c1C([2H])([2H])[2H].[2H]c1nc(C([2H])([2H])S(=O)c2nc3c([2H])c([2H])c(OC)c([2H])c3[nH]2)c(C([2H])([2H])[2H])c(OC)c1C([2H])([2H])[2H].[2H]c1nc(C([2H])([2H])S(=O)c2nc3ccc(OC([2H])([2H])[2H])cc3[nH]2)c(C([2H])([2H])[2H])c(OC)c1C([2H])([2H])[2H].[2H]c1nc(CS(=O)c2nc3c([2H])c([2H])c(OC([2H])([2H])[2H])c([2H])c3[nH]2)c(C([2H])([2H])[2H])c(OC)c1C([2H])([2H])[2H].[2H]c1nc(CS(=O)c2nc3ccc(OC([2H])([2H])[2H])cc3[nH]2)c(C([2H])([2H])[2H])c(OC)c1C([2H])([2H])[2H].[2H]c1nc(CS(=O)c2nc3ccc(OC)cc3[nH]2)c(C([2H])([2H])[2H])c(OC([2H])([2H])[2H])c1C([2H])([2H])[2H]. The predicted molar refractivity (Wildman–Crippen MR) is 558 cm³/mol. The molecule has 6 atom stereocenters. The zero-order chi connectivity index (χ0) is 165. The van der Waals surface area contributed by atoms with Crippen molar-refractivity contribution in [3.05, 3.63) is 247 Å². The molecule has 42 heteroatoms. The van der Waals surface area contributed by atoms with Gasteiger partial charge in [-0.25, -0.2) is 29.9 Å². The van der Waals surface area contributed by atoms with Gasteiger partial charge in [-0.15, -0.1) is 0 Å². The van der Waals surface area contributed by atoms with Gasteiger partial charge >= 0.3 is 0 Å². The Labute approximate surface area is 948 Å². The van der Waals surface area contributed by atoms with Crippen LogP contribution in [-0.4, -0.2) is 200 Å². The minimum absolute atomic E-state index is 0.0312. The minimum Gasteiger partial charge on any atom is -0.497 e. The highest BCUT2D eigenvalue weighted by Crippen LogP contribution is 2.36. The van der Waals surface area contributed by atoms with E-state index in [0.717, 1.165) is 35.5 Å². The molecule has 18 aromatic rings. The number of nitrogens with zero attached hydrogens (tertiary/aromatic N) is 12. The molecule has 6 unspecified atom stereocenters. The molecule has 0 aliphatic rings. The van der Waals surface area contributed by atoms with E-state index in [0.29, 0.717) is 27.8 Å². The molecule has 18 rings (SSSR count). The second-order valence-corrected chi connectivity index (χ2v) is 34.8. The lowest BCUT2D eigenvalue weighted by atomic mass is 10.1. The number of aromatic nitrogens is 18. The number of hydrogen-bond donors (Lipinski definition) is 6. The van der Waals surface area contributed by atoms with Gasteiger partial charge in [0.25, 0.3) is 0 Å². The van der Waals surface area contributed by atoms with Crippen LogP contribution >= 0.6 is 0 Å². The largest absolute Gasteiger partial charge is 0.497 e. The molecule has 0 aliphatic carbocycles. The summed E-state index contributed by atoms with van der Waals surface area (Å²) in [5.74, 6) is -7.68. The quantitative estimate of drug-likeness (QED) is 0.0243. The van der Waals surface area contributed by atoms with Gasteiger partial charge in [-0.05, 0) is 155 Å². The van der Waals surface area contributed by atoms with Crippen LogP contribution in [0.1, 0.15) is 200 Å². The van der Waals surface area contributed by atoms with Crippen LogP contribution < -0.4 is 56.8 Å². The van der Waals surface area contributed by atoms with Crippen molar-refractivity contribution in [1.29, 1.82) is 0 Å². The van der Waals surface area contributed by atoms with E-state index in [1.165, 1.54) is 50.6 Å². The fourth-order valence-corrected chi connectivity index (χ4v) is 17.2. The number of rotatable bonds is 30. The Hall–Kier alpha value is -14.5. The van der Waals surface area contributed by atoms with Gasteiger partial charge in [-0.3, -0.25) is 55.2 Å². The highest BCUT2D eigenvalue weighted by atomic mass is 32.2. The minimum atomic E-state index is -3.28. The fraction of sp³-hybridized carbons (Fsp3) is 0.294. The summed E-state index contributed by atoms with van der Waals surface area (Å²) in [7, 11) is -22.1. The van der Waals surface area contributed by atoms with Gasteiger partial charge in [-0.2, -0.15) is 0 Å². The average Bonchev–Trinajstić information content (AvgIpc) is 1.56. The maximum absolute atomic E-state index is 13.4. The number of fused-ring (bicyclic) bond motifs is 6. The van der Waals surface area contributed by atoms with E-state index >= 15 is 0 Å². The molecule has 6 aromatic carbocycles. The molecular weight excluding hydrogens is 1960 g/mol. The third kappa shape index (κ3) is 25.0. The second-order valence-electron chi connectivity index (χ2n) is 27.3. The topological polar surface area (TPSA) is 463 Å². The van der Waals surface area contributed by atoms with E-state index < -0.39 is 476 Å². The second kappa shape index (κ2) is 48.5. The highest BCUT2D eigenvalue weighted by Gasteiger charge is 2.25. The van der Waals surface area contributed by atoms with Crippen LogP contribution in [0.25, 0.3) is 66.2 Å². The molecule has 0 saturated heterocycles. The van der Waals surface area contributed by atoms with Gasteiger partial charge < -0.3 is 86.7 Å². The molecule has 6 N–H and O–H groups in total. The highest BCUT2D eigenvalue weighted by molar-refractivity contribution is 7.85. The number of methoxy groups -OCH3 is 12. The summed E-state index contributed by atoms with van der Waals surface area (Å²) in [6, 6.07) is 7.29. The Kier molecular flexibility index (Phi) is 15.8.